The lowest BCUT2D eigenvalue weighted by atomic mass is 9.95. The maximum absolute atomic E-state index is 12.8. The van der Waals surface area contributed by atoms with Gasteiger partial charge in [0.2, 0.25) is 0 Å². The fraction of sp³-hybridized carbons (Fsp3) is 0.300. The van der Waals surface area contributed by atoms with E-state index in [1.807, 2.05) is 25.1 Å². The lowest BCUT2D eigenvalue weighted by Gasteiger charge is -2.15. The van der Waals surface area contributed by atoms with Crippen molar-refractivity contribution in [1.29, 1.82) is 0 Å². The number of allylic oxidation sites excluding steroid dienone is 2. The van der Waals surface area contributed by atoms with Crippen molar-refractivity contribution in [2.24, 2.45) is 0 Å². The topological polar surface area (TPSA) is 60.7 Å². The van der Waals surface area contributed by atoms with Crippen LogP contribution in [0.4, 0.5) is 0 Å². The average molecular weight is 332 g/mol. The molecule has 0 saturated carbocycles. The molecule has 0 fully saturated rings. The van der Waals surface area contributed by atoms with Crippen LogP contribution >= 0.6 is 0 Å². The Labute approximate surface area is 146 Å². The molecule has 0 spiro atoms. The molecule has 5 heteroatoms. The van der Waals surface area contributed by atoms with Crippen LogP contribution in [0.3, 0.4) is 0 Å². The highest BCUT2D eigenvalue weighted by Gasteiger charge is 2.16. The number of pyridine rings is 2. The smallest absolute Gasteiger partial charge is 0.261 e. The minimum absolute atomic E-state index is 0.0160. The highest BCUT2D eigenvalue weighted by molar-refractivity contribution is 5.92. The first kappa shape index (κ1) is 15.7. The molecule has 0 bridgehead atoms. The van der Waals surface area contributed by atoms with Gasteiger partial charge in [-0.1, -0.05) is 6.08 Å². The summed E-state index contributed by atoms with van der Waals surface area (Å²) in [5.41, 5.74) is 4.35. The molecular weight excluding hydrogens is 312 g/mol. The first-order valence-electron chi connectivity index (χ1n) is 8.78. The van der Waals surface area contributed by atoms with Crippen LogP contribution in [-0.4, -0.2) is 19.5 Å². The highest BCUT2D eigenvalue weighted by atomic mass is 16.1. The molecule has 0 amide bonds. The third-order valence-electron chi connectivity index (χ3n) is 4.71. The first-order chi connectivity index (χ1) is 12.3. The molecule has 25 heavy (non-hydrogen) atoms. The zero-order valence-corrected chi connectivity index (χ0v) is 14.3. The molecular formula is C20H20N4O. The van der Waals surface area contributed by atoms with Gasteiger partial charge in [0, 0.05) is 24.5 Å². The normalized spacial score (nSPS) is 14.5. The van der Waals surface area contributed by atoms with Gasteiger partial charge >= 0.3 is 0 Å². The Bertz CT molecular complexity index is 1010. The molecule has 0 N–H and O–H groups in total. The Balaban J connectivity index is 2.03. The van der Waals surface area contributed by atoms with Gasteiger partial charge in [0.05, 0.1) is 23.1 Å². The second-order valence-electron chi connectivity index (χ2n) is 6.30. The van der Waals surface area contributed by atoms with Gasteiger partial charge in [-0.2, -0.15) is 0 Å². The van der Waals surface area contributed by atoms with Crippen LogP contribution in [0.2, 0.25) is 0 Å². The molecule has 0 unspecified atom stereocenters. The van der Waals surface area contributed by atoms with Crippen LogP contribution in [0, 0.1) is 0 Å². The number of fused-ring (bicyclic) bond motifs is 1. The van der Waals surface area contributed by atoms with Gasteiger partial charge in [0.1, 0.15) is 5.52 Å². The molecule has 4 rings (SSSR count). The Hall–Kier alpha value is -2.82. The molecule has 0 aromatic carbocycles. The van der Waals surface area contributed by atoms with Crippen LogP contribution in [0.15, 0.2) is 47.8 Å². The van der Waals surface area contributed by atoms with Gasteiger partial charge in [-0.15, -0.1) is 0 Å². The quantitative estimate of drug-likeness (QED) is 0.731. The second-order valence-corrected chi connectivity index (χ2v) is 6.30. The summed E-state index contributed by atoms with van der Waals surface area (Å²) >= 11 is 0. The summed E-state index contributed by atoms with van der Waals surface area (Å²) in [6.45, 7) is 2.55. The zero-order chi connectivity index (χ0) is 17.2. The number of aromatic nitrogens is 4. The van der Waals surface area contributed by atoms with Crippen molar-refractivity contribution in [2.45, 2.75) is 39.2 Å². The minimum atomic E-state index is -0.0160. The molecule has 1 aliphatic rings. The summed E-state index contributed by atoms with van der Waals surface area (Å²) < 4.78 is 1.63. The molecule has 3 heterocycles. The summed E-state index contributed by atoms with van der Waals surface area (Å²) in [4.78, 5) is 26.4. The molecule has 0 radical (unpaired) electrons. The van der Waals surface area contributed by atoms with Crippen molar-refractivity contribution in [2.75, 3.05) is 0 Å². The first-order valence-corrected chi connectivity index (χ1v) is 8.78. The predicted octanol–water partition coefficient (Wildman–Crippen LogP) is 3.83. The van der Waals surface area contributed by atoms with Crippen LogP contribution < -0.4 is 5.56 Å². The van der Waals surface area contributed by atoms with E-state index in [2.05, 4.69) is 16.0 Å². The number of hydrogen-bond donors (Lipinski definition) is 0. The van der Waals surface area contributed by atoms with E-state index in [0.717, 1.165) is 29.8 Å². The van der Waals surface area contributed by atoms with E-state index in [1.54, 1.807) is 23.3 Å². The number of aryl methyl sites for hydroxylation is 1. The summed E-state index contributed by atoms with van der Waals surface area (Å²) in [6.07, 6.45) is 11.8. The lowest BCUT2D eigenvalue weighted by Crippen LogP contribution is -2.20. The molecule has 0 saturated heterocycles. The van der Waals surface area contributed by atoms with Crippen LogP contribution in [0.25, 0.3) is 27.7 Å². The third-order valence-corrected chi connectivity index (χ3v) is 4.71. The summed E-state index contributed by atoms with van der Waals surface area (Å²) in [5.74, 6) is 0. The minimum Gasteiger partial charge on any atom is -0.299 e. The van der Waals surface area contributed by atoms with E-state index in [0.29, 0.717) is 17.4 Å². The Morgan fingerprint density at radius 3 is 2.92 bits per heavy atom. The van der Waals surface area contributed by atoms with Gasteiger partial charge in [-0.05, 0) is 56.4 Å². The third kappa shape index (κ3) is 2.86. The molecule has 0 atom stereocenters. The van der Waals surface area contributed by atoms with E-state index >= 15 is 0 Å². The number of nitrogens with zero attached hydrogens (tertiary/aromatic N) is 4. The van der Waals surface area contributed by atoms with E-state index in [-0.39, 0.29) is 5.56 Å². The van der Waals surface area contributed by atoms with Gasteiger partial charge in [0.15, 0.2) is 0 Å². The Morgan fingerprint density at radius 1 is 1.28 bits per heavy atom. The monoisotopic (exact) mass is 332 g/mol. The van der Waals surface area contributed by atoms with Crippen molar-refractivity contribution in [3.8, 4) is 11.3 Å². The van der Waals surface area contributed by atoms with E-state index < -0.39 is 0 Å². The van der Waals surface area contributed by atoms with E-state index in [4.69, 9.17) is 4.98 Å². The van der Waals surface area contributed by atoms with Crippen molar-refractivity contribution < 1.29 is 0 Å². The zero-order valence-electron chi connectivity index (χ0n) is 14.3. The van der Waals surface area contributed by atoms with Gasteiger partial charge < -0.3 is 0 Å². The van der Waals surface area contributed by atoms with Gasteiger partial charge in [0.25, 0.3) is 5.56 Å². The summed E-state index contributed by atoms with van der Waals surface area (Å²) in [6, 6.07) is 5.75. The van der Waals surface area contributed by atoms with Crippen molar-refractivity contribution >= 4 is 16.5 Å². The predicted molar refractivity (Wildman–Crippen MR) is 99.1 cm³/mol. The fourth-order valence-corrected chi connectivity index (χ4v) is 3.33. The Kier molecular flexibility index (Phi) is 4.14. The molecule has 1 aliphatic carbocycles. The van der Waals surface area contributed by atoms with Crippen molar-refractivity contribution in [3.05, 3.63) is 59.0 Å². The number of rotatable bonds is 3. The van der Waals surface area contributed by atoms with E-state index in [1.165, 1.54) is 18.4 Å². The molecule has 126 valence electrons. The molecule has 3 aromatic rings. The number of hydrogen-bond acceptors (Lipinski definition) is 4. The van der Waals surface area contributed by atoms with Crippen molar-refractivity contribution in [3.63, 3.8) is 0 Å². The average Bonchev–Trinajstić information content (AvgIpc) is 2.69. The maximum atomic E-state index is 12.8. The lowest BCUT2D eigenvalue weighted by molar-refractivity contribution is 0.717. The van der Waals surface area contributed by atoms with Crippen molar-refractivity contribution in [1.82, 2.24) is 19.5 Å². The molecule has 5 nitrogen and oxygen atoms in total. The highest BCUT2D eigenvalue weighted by Crippen LogP contribution is 2.30. The Morgan fingerprint density at radius 2 is 2.20 bits per heavy atom. The summed E-state index contributed by atoms with van der Waals surface area (Å²) in [7, 11) is 0. The van der Waals surface area contributed by atoms with Crippen LogP contribution in [-0.2, 0) is 6.54 Å². The molecule has 0 aliphatic heterocycles. The van der Waals surface area contributed by atoms with E-state index in [9.17, 15) is 4.79 Å². The second kappa shape index (κ2) is 6.59. The van der Waals surface area contributed by atoms with Gasteiger partial charge in [-0.25, -0.2) is 9.97 Å². The van der Waals surface area contributed by atoms with Crippen LogP contribution in [0.5, 0.6) is 0 Å². The SMILES string of the molecule is CCn1cnc2c(-c3cccnc3)nc(C3=CCCCC3)cc2c1=O. The fourth-order valence-electron chi connectivity index (χ4n) is 3.33. The maximum Gasteiger partial charge on any atom is 0.261 e. The largest absolute Gasteiger partial charge is 0.299 e. The molecule has 3 aromatic heterocycles. The van der Waals surface area contributed by atoms with Gasteiger partial charge in [-0.3, -0.25) is 14.3 Å². The standard InChI is InChI=1S/C20H20N4O/c1-2-24-13-22-19-16(20(24)25)11-17(14-7-4-3-5-8-14)23-18(19)15-9-6-10-21-12-15/h6-7,9-13H,2-5,8H2,1H3. The summed E-state index contributed by atoms with van der Waals surface area (Å²) in [5, 5.41) is 0.625. The van der Waals surface area contributed by atoms with Crippen LogP contribution in [0.1, 0.15) is 38.3 Å².